The fourth-order valence-electron chi connectivity index (χ4n) is 3.18. The number of hydrogen-bond acceptors (Lipinski definition) is 3. The predicted molar refractivity (Wildman–Crippen MR) is 81.4 cm³/mol. The van der Waals surface area contributed by atoms with Crippen LogP contribution in [0, 0.1) is 0 Å². The van der Waals surface area contributed by atoms with Crippen molar-refractivity contribution in [1.29, 1.82) is 0 Å². The molecule has 0 radical (unpaired) electrons. The largest absolute Gasteiger partial charge is 0.397 e. The molecule has 2 heterocycles. The molecule has 0 aliphatic carbocycles. The average molecular weight is 255 g/mol. The van der Waals surface area contributed by atoms with E-state index in [1.54, 1.807) is 0 Å². The van der Waals surface area contributed by atoms with Crippen LogP contribution in [0.5, 0.6) is 0 Å². The molecule has 0 amide bonds. The van der Waals surface area contributed by atoms with Gasteiger partial charge in [-0.3, -0.25) is 4.98 Å². The fourth-order valence-corrected chi connectivity index (χ4v) is 3.18. The van der Waals surface area contributed by atoms with E-state index in [0.717, 1.165) is 17.7 Å². The number of benzene rings is 1. The van der Waals surface area contributed by atoms with Crippen LogP contribution in [0.2, 0.25) is 0 Å². The monoisotopic (exact) mass is 255 g/mol. The maximum Gasteiger partial charge on any atom is 0.0951 e. The summed E-state index contributed by atoms with van der Waals surface area (Å²) in [6.45, 7) is 3.42. The first-order valence-corrected chi connectivity index (χ1v) is 7.21. The Bertz CT molecular complexity index is 579. The van der Waals surface area contributed by atoms with E-state index >= 15 is 0 Å². The molecule has 1 aliphatic rings. The molecule has 1 atom stereocenters. The molecule has 1 aliphatic heterocycles. The normalized spacial score (nSPS) is 19.8. The van der Waals surface area contributed by atoms with Crippen LogP contribution < -0.4 is 10.6 Å². The zero-order chi connectivity index (χ0) is 13.2. The van der Waals surface area contributed by atoms with Gasteiger partial charge in [0.05, 0.1) is 11.2 Å². The van der Waals surface area contributed by atoms with E-state index in [2.05, 4.69) is 28.9 Å². The molecule has 2 aromatic rings. The summed E-state index contributed by atoms with van der Waals surface area (Å²) < 4.78 is 0. The summed E-state index contributed by atoms with van der Waals surface area (Å²) in [7, 11) is 0. The van der Waals surface area contributed by atoms with Crippen LogP contribution in [0.3, 0.4) is 0 Å². The lowest BCUT2D eigenvalue weighted by molar-refractivity contribution is 0.451. The third-order valence-electron chi connectivity index (χ3n) is 4.19. The second-order valence-corrected chi connectivity index (χ2v) is 5.32. The number of piperidine rings is 1. The molecule has 1 saturated heterocycles. The number of pyridine rings is 1. The van der Waals surface area contributed by atoms with Crippen molar-refractivity contribution < 1.29 is 0 Å². The van der Waals surface area contributed by atoms with Gasteiger partial charge in [-0.05, 0) is 37.8 Å². The topological polar surface area (TPSA) is 42.2 Å². The molecule has 0 saturated carbocycles. The van der Waals surface area contributed by atoms with Crippen LogP contribution >= 0.6 is 0 Å². The van der Waals surface area contributed by atoms with Crippen molar-refractivity contribution in [2.45, 2.75) is 38.6 Å². The van der Waals surface area contributed by atoms with Gasteiger partial charge in [0, 0.05) is 29.9 Å². The molecule has 1 aromatic heterocycles. The van der Waals surface area contributed by atoms with Gasteiger partial charge in [-0.25, -0.2) is 0 Å². The number of nitrogen functional groups attached to an aromatic ring is 1. The maximum atomic E-state index is 6.04. The van der Waals surface area contributed by atoms with Crippen LogP contribution in [0.15, 0.2) is 30.5 Å². The quantitative estimate of drug-likeness (QED) is 0.834. The van der Waals surface area contributed by atoms with E-state index in [9.17, 15) is 0 Å². The maximum absolute atomic E-state index is 6.04. The molecule has 3 heteroatoms. The molecule has 1 fully saturated rings. The summed E-state index contributed by atoms with van der Waals surface area (Å²) >= 11 is 0. The summed E-state index contributed by atoms with van der Waals surface area (Å²) in [5.74, 6) is 0. The summed E-state index contributed by atoms with van der Waals surface area (Å²) in [5.41, 5.74) is 9.03. The first-order valence-electron chi connectivity index (χ1n) is 7.21. The minimum Gasteiger partial charge on any atom is -0.397 e. The molecular weight excluding hydrogens is 234 g/mol. The van der Waals surface area contributed by atoms with Gasteiger partial charge in [0.1, 0.15) is 0 Å². The zero-order valence-corrected chi connectivity index (χ0v) is 11.5. The van der Waals surface area contributed by atoms with Gasteiger partial charge in [-0.1, -0.05) is 19.1 Å². The van der Waals surface area contributed by atoms with Gasteiger partial charge in [0.2, 0.25) is 0 Å². The van der Waals surface area contributed by atoms with Crippen LogP contribution in [0.1, 0.15) is 32.6 Å². The Morgan fingerprint density at radius 2 is 2.21 bits per heavy atom. The van der Waals surface area contributed by atoms with Gasteiger partial charge in [0.15, 0.2) is 0 Å². The van der Waals surface area contributed by atoms with E-state index in [0.29, 0.717) is 6.04 Å². The fraction of sp³-hybridized carbons (Fsp3) is 0.438. The SMILES string of the molecule is CCC1CCCCN1c1ccnc2c(N)cccc12. The Morgan fingerprint density at radius 1 is 1.32 bits per heavy atom. The molecule has 100 valence electrons. The highest BCUT2D eigenvalue weighted by molar-refractivity contribution is 5.98. The van der Waals surface area contributed by atoms with Crippen molar-refractivity contribution in [2.75, 3.05) is 17.2 Å². The third kappa shape index (κ3) is 2.14. The molecule has 2 N–H and O–H groups in total. The molecule has 1 aromatic carbocycles. The summed E-state index contributed by atoms with van der Waals surface area (Å²) in [5, 5.41) is 1.18. The number of nitrogens with two attached hydrogens (primary N) is 1. The van der Waals surface area contributed by atoms with Crippen molar-refractivity contribution in [2.24, 2.45) is 0 Å². The summed E-state index contributed by atoms with van der Waals surface area (Å²) in [4.78, 5) is 6.98. The van der Waals surface area contributed by atoms with Gasteiger partial charge in [-0.2, -0.15) is 0 Å². The van der Waals surface area contributed by atoms with Crippen molar-refractivity contribution in [3.8, 4) is 0 Å². The number of nitrogens with zero attached hydrogens (tertiary/aromatic N) is 2. The summed E-state index contributed by atoms with van der Waals surface area (Å²) in [6, 6.07) is 8.87. The number of fused-ring (bicyclic) bond motifs is 1. The molecule has 3 nitrogen and oxygen atoms in total. The lowest BCUT2D eigenvalue weighted by Gasteiger charge is -2.37. The molecule has 0 bridgehead atoms. The highest BCUT2D eigenvalue weighted by atomic mass is 15.2. The first-order chi connectivity index (χ1) is 9.31. The Labute approximate surface area is 114 Å². The number of aromatic nitrogens is 1. The average Bonchev–Trinajstić information content (AvgIpc) is 2.47. The minimum absolute atomic E-state index is 0.654. The first kappa shape index (κ1) is 12.3. The second kappa shape index (κ2) is 5.08. The Hall–Kier alpha value is -1.77. The van der Waals surface area contributed by atoms with E-state index in [-0.39, 0.29) is 0 Å². The molecular formula is C16H21N3. The highest BCUT2D eigenvalue weighted by Crippen LogP contribution is 2.33. The summed E-state index contributed by atoms with van der Waals surface area (Å²) in [6.07, 6.45) is 7.01. The zero-order valence-electron chi connectivity index (χ0n) is 11.5. The number of rotatable bonds is 2. The van der Waals surface area contributed by atoms with E-state index < -0.39 is 0 Å². The van der Waals surface area contributed by atoms with Gasteiger partial charge >= 0.3 is 0 Å². The standard InChI is InChI=1S/C16H21N3/c1-2-12-6-3-4-11-19(12)15-9-10-18-16-13(15)7-5-8-14(16)17/h5,7-10,12H,2-4,6,11,17H2,1H3. The molecule has 0 spiro atoms. The van der Waals surface area contributed by atoms with Crippen molar-refractivity contribution in [3.63, 3.8) is 0 Å². The van der Waals surface area contributed by atoms with Gasteiger partial charge < -0.3 is 10.6 Å². The van der Waals surface area contributed by atoms with Crippen molar-refractivity contribution in [3.05, 3.63) is 30.5 Å². The molecule has 19 heavy (non-hydrogen) atoms. The minimum atomic E-state index is 0.654. The second-order valence-electron chi connectivity index (χ2n) is 5.32. The number of para-hydroxylation sites is 1. The Kier molecular flexibility index (Phi) is 3.28. The van der Waals surface area contributed by atoms with Crippen LogP contribution in [-0.2, 0) is 0 Å². The van der Waals surface area contributed by atoms with Crippen LogP contribution in [0.25, 0.3) is 10.9 Å². The van der Waals surface area contributed by atoms with Crippen molar-refractivity contribution >= 4 is 22.3 Å². The Morgan fingerprint density at radius 3 is 3.05 bits per heavy atom. The van der Waals surface area contributed by atoms with Gasteiger partial charge in [-0.15, -0.1) is 0 Å². The lowest BCUT2D eigenvalue weighted by atomic mass is 9.98. The number of hydrogen-bond donors (Lipinski definition) is 1. The number of anilines is 2. The third-order valence-corrected chi connectivity index (χ3v) is 4.19. The smallest absolute Gasteiger partial charge is 0.0951 e. The van der Waals surface area contributed by atoms with E-state index in [1.807, 2.05) is 18.3 Å². The van der Waals surface area contributed by atoms with Gasteiger partial charge in [0.25, 0.3) is 0 Å². The van der Waals surface area contributed by atoms with Crippen molar-refractivity contribution in [1.82, 2.24) is 4.98 Å². The van der Waals surface area contributed by atoms with Crippen LogP contribution in [0.4, 0.5) is 11.4 Å². The van der Waals surface area contributed by atoms with E-state index in [4.69, 9.17) is 5.73 Å². The Balaban J connectivity index is 2.11. The highest BCUT2D eigenvalue weighted by Gasteiger charge is 2.22. The lowest BCUT2D eigenvalue weighted by Crippen LogP contribution is -2.39. The van der Waals surface area contributed by atoms with Crippen LogP contribution in [-0.4, -0.2) is 17.6 Å². The molecule has 3 rings (SSSR count). The molecule has 1 unspecified atom stereocenters. The van der Waals surface area contributed by atoms with E-state index in [1.165, 1.54) is 36.8 Å². The predicted octanol–water partition coefficient (Wildman–Crippen LogP) is 3.59.